The molecule has 0 bridgehead atoms. The second-order valence-corrected chi connectivity index (χ2v) is 5.24. The van der Waals surface area contributed by atoms with Crippen LogP contribution >= 0.6 is 11.8 Å². The van der Waals surface area contributed by atoms with Crippen LogP contribution < -0.4 is 5.73 Å². The van der Waals surface area contributed by atoms with E-state index in [9.17, 15) is 0 Å². The maximum absolute atomic E-state index is 6.01. The Bertz CT molecular complexity index is 345. The second-order valence-electron chi connectivity index (χ2n) is 4.25. The van der Waals surface area contributed by atoms with Gasteiger partial charge in [0, 0.05) is 7.11 Å². The van der Waals surface area contributed by atoms with E-state index in [1.165, 1.54) is 0 Å². The molecule has 1 rings (SSSR count). The predicted molar refractivity (Wildman–Crippen MR) is 73.5 cm³/mol. The highest BCUT2D eigenvalue weighted by Crippen LogP contribution is 2.30. The molecule has 0 radical (unpaired) electrons. The monoisotopic (exact) mass is 273 g/mol. The highest BCUT2D eigenvalue weighted by atomic mass is 32.2. The van der Waals surface area contributed by atoms with Crippen LogP contribution in [0, 0.1) is 0 Å². The number of rotatable bonds is 8. The number of hydrogen-bond donors (Lipinski definition) is 1. The van der Waals surface area contributed by atoms with Crippen LogP contribution in [0.5, 0.6) is 0 Å². The van der Waals surface area contributed by atoms with Crippen molar-refractivity contribution in [3.63, 3.8) is 0 Å². The van der Waals surface area contributed by atoms with Gasteiger partial charge in [-0.05, 0) is 31.3 Å². The van der Waals surface area contributed by atoms with Crippen molar-refractivity contribution >= 4 is 11.8 Å². The Morgan fingerprint density at radius 1 is 1.44 bits per heavy atom. The smallest absolute Gasteiger partial charge is 0.243 e. The summed E-state index contributed by atoms with van der Waals surface area (Å²) in [5, 5.41) is 4.03. The molecule has 1 aromatic rings. The zero-order chi connectivity index (χ0) is 13.6. The maximum atomic E-state index is 6.01. The molecule has 0 aromatic carbocycles. The van der Waals surface area contributed by atoms with Gasteiger partial charge in [-0.3, -0.25) is 0 Å². The van der Waals surface area contributed by atoms with Crippen molar-refractivity contribution in [1.82, 2.24) is 10.1 Å². The Kier molecular flexibility index (Phi) is 6.11. The Labute approximate surface area is 113 Å². The highest BCUT2D eigenvalue weighted by Gasteiger charge is 2.34. The summed E-state index contributed by atoms with van der Waals surface area (Å²) in [7, 11) is 1.68. The van der Waals surface area contributed by atoms with E-state index in [-0.39, 0.29) is 6.04 Å². The Morgan fingerprint density at radius 3 is 2.61 bits per heavy atom. The summed E-state index contributed by atoms with van der Waals surface area (Å²) in [6.07, 6.45) is 4.50. The number of methoxy groups -OCH3 is 1. The van der Waals surface area contributed by atoms with Crippen molar-refractivity contribution in [3.05, 3.63) is 11.7 Å². The minimum atomic E-state index is -0.457. The molecule has 2 N–H and O–H groups in total. The van der Waals surface area contributed by atoms with E-state index >= 15 is 0 Å². The van der Waals surface area contributed by atoms with E-state index < -0.39 is 5.60 Å². The van der Waals surface area contributed by atoms with Crippen molar-refractivity contribution < 1.29 is 9.26 Å². The molecule has 0 aliphatic heterocycles. The molecular weight excluding hydrogens is 250 g/mol. The van der Waals surface area contributed by atoms with Crippen LogP contribution in [-0.2, 0) is 10.3 Å². The van der Waals surface area contributed by atoms with Crippen molar-refractivity contribution in [3.8, 4) is 0 Å². The summed E-state index contributed by atoms with van der Waals surface area (Å²) < 4.78 is 10.8. The zero-order valence-corrected chi connectivity index (χ0v) is 12.4. The number of nitrogens with two attached hydrogens (primary N) is 1. The number of nitrogens with zero attached hydrogens (tertiary/aromatic N) is 2. The number of aromatic nitrogens is 2. The molecule has 0 aliphatic carbocycles. The number of ether oxygens (including phenoxy) is 1. The van der Waals surface area contributed by atoms with Gasteiger partial charge in [-0.1, -0.05) is 19.0 Å². The SMILES string of the molecule is CCC(CC)(OC)c1noc([C@H](N)CCSC)n1. The lowest BCUT2D eigenvalue weighted by Crippen LogP contribution is -2.28. The van der Waals surface area contributed by atoms with Crippen molar-refractivity contribution in [2.24, 2.45) is 5.73 Å². The summed E-state index contributed by atoms with van der Waals surface area (Å²) in [6, 6.07) is -0.193. The van der Waals surface area contributed by atoms with Gasteiger partial charge in [0.1, 0.15) is 5.60 Å². The van der Waals surface area contributed by atoms with Crippen LogP contribution in [0.4, 0.5) is 0 Å². The topological polar surface area (TPSA) is 74.2 Å². The normalized spacial score (nSPS) is 13.8. The van der Waals surface area contributed by atoms with E-state index in [0.717, 1.165) is 25.0 Å². The molecule has 104 valence electrons. The fourth-order valence-corrected chi connectivity index (χ4v) is 2.37. The number of hydrogen-bond acceptors (Lipinski definition) is 6. The molecule has 0 saturated heterocycles. The summed E-state index contributed by atoms with van der Waals surface area (Å²) in [6.45, 7) is 4.10. The van der Waals surface area contributed by atoms with Crippen LogP contribution in [0.3, 0.4) is 0 Å². The first-order chi connectivity index (χ1) is 8.63. The molecule has 1 aromatic heterocycles. The lowest BCUT2D eigenvalue weighted by Gasteiger charge is -2.25. The first kappa shape index (κ1) is 15.5. The Morgan fingerprint density at radius 2 is 2.11 bits per heavy atom. The largest absolute Gasteiger partial charge is 0.370 e. The average Bonchev–Trinajstić information content (AvgIpc) is 2.89. The standard InChI is InChI=1S/C12H23N3O2S/c1-5-12(6-2,16-3)11-14-10(17-15-11)9(13)7-8-18-4/h9H,5-8,13H2,1-4H3/t9-/m1/s1. The fraction of sp³-hybridized carbons (Fsp3) is 0.833. The van der Waals surface area contributed by atoms with Crippen LogP contribution in [-0.4, -0.2) is 29.3 Å². The first-order valence-corrected chi connectivity index (χ1v) is 7.66. The van der Waals surface area contributed by atoms with Crippen LogP contribution in [0.2, 0.25) is 0 Å². The van der Waals surface area contributed by atoms with Gasteiger partial charge < -0.3 is 15.0 Å². The Hall–Kier alpha value is -0.590. The molecule has 5 nitrogen and oxygen atoms in total. The van der Waals surface area contributed by atoms with Gasteiger partial charge in [0.15, 0.2) is 0 Å². The summed E-state index contributed by atoms with van der Waals surface area (Å²) in [5.74, 6) is 2.09. The fourth-order valence-electron chi connectivity index (χ4n) is 1.89. The van der Waals surface area contributed by atoms with E-state index in [1.807, 2.05) is 0 Å². The van der Waals surface area contributed by atoms with Crippen molar-refractivity contribution in [2.45, 2.75) is 44.8 Å². The zero-order valence-electron chi connectivity index (χ0n) is 11.6. The minimum absolute atomic E-state index is 0.193. The molecule has 0 spiro atoms. The molecule has 1 atom stereocenters. The Balaban J connectivity index is 2.84. The third-order valence-electron chi connectivity index (χ3n) is 3.33. The van der Waals surface area contributed by atoms with E-state index in [0.29, 0.717) is 11.7 Å². The number of thioether (sulfide) groups is 1. The van der Waals surface area contributed by atoms with E-state index in [1.54, 1.807) is 18.9 Å². The molecular formula is C12H23N3O2S. The molecule has 6 heteroatoms. The third kappa shape index (κ3) is 3.24. The van der Waals surface area contributed by atoms with Gasteiger partial charge in [0.25, 0.3) is 0 Å². The lowest BCUT2D eigenvalue weighted by molar-refractivity contribution is -0.0306. The van der Waals surface area contributed by atoms with Gasteiger partial charge >= 0.3 is 0 Å². The van der Waals surface area contributed by atoms with Gasteiger partial charge in [0.05, 0.1) is 6.04 Å². The molecule has 1 heterocycles. The molecule has 0 aliphatic rings. The molecule has 0 unspecified atom stereocenters. The van der Waals surface area contributed by atoms with Crippen molar-refractivity contribution in [2.75, 3.05) is 19.1 Å². The van der Waals surface area contributed by atoms with E-state index in [4.69, 9.17) is 15.0 Å². The maximum Gasteiger partial charge on any atom is 0.243 e. The molecule has 0 fully saturated rings. The van der Waals surface area contributed by atoms with Crippen LogP contribution in [0.1, 0.15) is 50.9 Å². The van der Waals surface area contributed by atoms with Crippen LogP contribution in [0.15, 0.2) is 4.52 Å². The molecule has 0 saturated carbocycles. The predicted octanol–water partition coefficient (Wildman–Crippen LogP) is 2.48. The molecule has 18 heavy (non-hydrogen) atoms. The van der Waals surface area contributed by atoms with Gasteiger partial charge in [-0.2, -0.15) is 16.7 Å². The van der Waals surface area contributed by atoms with Crippen LogP contribution in [0.25, 0.3) is 0 Å². The quantitative estimate of drug-likeness (QED) is 0.784. The summed E-state index contributed by atoms with van der Waals surface area (Å²) in [4.78, 5) is 4.41. The summed E-state index contributed by atoms with van der Waals surface area (Å²) >= 11 is 1.76. The van der Waals surface area contributed by atoms with Gasteiger partial charge in [-0.15, -0.1) is 0 Å². The van der Waals surface area contributed by atoms with Gasteiger partial charge in [-0.25, -0.2) is 0 Å². The average molecular weight is 273 g/mol. The second kappa shape index (κ2) is 7.11. The first-order valence-electron chi connectivity index (χ1n) is 6.27. The lowest BCUT2D eigenvalue weighted by atomic mass is 9.96. The highest BCUT2D eigenvalue weighted by molar-refractivity contribution is 7.98. The third-order valence-corrected chi connectivity index (χ3v) is 3.98. The van der Waals surface area contributed by atoms with Gasteiger partial charge in [0.2, 0.25) is 11.7 Å². The van der Waals surface area contributed by atoms with Crippen molar-refractivity contribution in [1.29, 1.82) is 0 Å². The molecule has 0 amide bonds. The summed E-state index contributed by atoms with van der Waals surface area (Å²) in [5.41, 5.74) is 5.55. The minimum Gasteiger partial charge on any atom is -0.370 e. The van der Waals surface area contributed by atoms with E-state index in [2.05, 4.69) is 30.2 Å².